The number of piperidine rings is 1. The topological polar surface area (TPSA) is 67.7 Å². The number of rotatable bonds is 7. The molecule has 0 N–H and O–H groups in total. The Bertz CT molecular complexity index is 1210. The van der Waals surface area contributed by atoms with Crippen LogP contribution in [0.5, 0.6) is 0 Å². The molecule has 2 aliphatic heterocycles. The molecule has 186 valence electrons. The number of hydrogen-bond donors (Lipinski definition) is 0. The highest BCUT2D eigenvalue weighted by Crippen LogP contribution is 2.30. The zero-order chi connectivity index (χ0) is 24.2. The molecule has 7 nitrogen and oxygen atoms in total. The Morgan fingerprint density at radius 3 is 2.57 bits per heavy atom. The molecule has 0 radical (unpaired) electrons. The van der Waals surface area contributed by atoms with E-state index < -0.39 is 0 Å². The second-order valence-corrected chi connectivity index (χ2v) is 10.6. The molecule has 2 aliphatic rings. The normalized spacial score (nSPS) is 17.8. The number of benzene rings is 1. The van der Waals surface area contributed by atoms with Gasteiger partial charge in [0.2, 0.25) is 5.91 Å². The second kappa shape index (κ2) is 11.0. The molecule has 1 amide bonds. The molecule has 2 aromatic heterocycles. The van der Waals surface area contributed by atoms with Crippen LogP contribution in [0.3, 0.4) is 0 Å². The third kappa shape index (κ3) is 5.66. The Morgan fingerprint density at radius 2 is 1.83 bits per heavy atom. The summed E-state index contributed by atoms with van der Waals surface area (Å²) in [4.78, 5) is 35.9. The van der Waals surface area contributed by atoms with Gasteiger partial charge in [0, 0.05) is 50.1 Å². The maximum Gasteiger partial charge on any atom is 0.262 e. The first-order valence-electron chi connectivity index (χ1n) is 12.7. The monoisotopic (exact) mass is 494 g/mol. The lowest BCUT2D eigenvalue weighted by Crippen LogP contribution is -2.41. The summed E-state index contributed by atoms with van der Waals surface area (Å²) in [7, 11) is 0. The minimum Gasteiger partial charge on any atom is -0.379 e. The largest absolute Gasteiger partial charge is 0.379 e. The predicted octanol–water partition coefficient (Wildman–Crippen LogP) is 3.78. The first kappa shape index (κ1) is 24.2. The van der Waals surface area contributed by atoms with E-state index in [1.165, 1.54) is 23.3 Å². The van der Waals surface area contributed by atoms with E-state index in [2.05, 4.69) is 28.9 Å². The lowest BCUT2D eigenvalue weighted by Gasteiger charge is -2.34. The molecular weight excluding hydrogens is 460 g/mol. The fourth-order valence-corrected chi connectivity index (χ4v) is 6.01. The molecule has 0 saturated carbocycles. The Hall–Kier alpha value is -2.55. The average molecular weight is 495 g/mol. The Kier molecular flexibility index (Phi) is 7.60. The fraction of sp³-hybridized carbons (Fsp3) is 0.519. The standard InChI is InChI=1S/C27H34N4O3S/c1-20-2-4-22(5-3-20)23-18-35-26-25(23)27(33)31(19-28-26)13-9-24(32)30-11-7-21(8-12-30)6-10-29-14-16-34-17-15-29/h2-5,18-19,21H,6-17H2,1H3. The van der Waals surface area contributed by atoms with Gasteiger partial charge < -0.3 is 9.64 Å². The van der Waals surface area contributed by atoms with Gasteiger partial charge in [-0.25, -0.2) is 4.98 Å². The van der Waals surface area contributed by atoms with Crippen molar-refractivity contribution in [3.05, 3.63) is 51.9 Å². The fourth-order valence-electron chi connectivity index (χ4n) is 5.11. The SMILES string of the molecule is Cc1ccc(-c2csc3ncn(CCC(=O)N4CCC(CCN5CCOCC5)CC4)c(=O)c23)cc1. The van der Waals surface area contributed by atoms with E-state index in [1.807, 2.05) is 22.4 Å². The van der Waals surface area contributed by atoms with E-state index in [4.69, 9.17) is 4.74 Å². The number of fused-ring (bicyclic) bond motifs is 1. The summed E-state index contributed by atoms with van der Waals surface area (Å²) in [6, 6.07) is 8.19. The van der Waals surface area contributed by atoms with Crippen LogP contribution in [0.15, 0.2) is 40.8 Å². The molecule has 0 aliphatic carbocycles. The van der Waals surface area contributed by atoms with Crippen LogP contribution < -0.4 is 5.56 Å². The van der Waals surface area contributed by atoms with Crippen molar-refractivity contribution < 1.29 is 9.53 Å². The number of amides is 1. The van der Waals surface area contributed by atoms with Crippen molar-refractivity contribution in [2.75, 3.05) is 45.9 Å². The lowest BCUT2D eigenvalue weighted by atomic mass is 9.93. The summed E-state index contributed by atoms with van der Waals surface area (Å²) in [5.74, 6) is 0.822. The zero-order valence-corrected chi connectivity index (χ0v) is 21.3. The highest BCUT2D eigenvalue weighted by molar-refractivity contribution is 7.17. The maximum atomic E-state index is 13.3. The van der Waals surface area contributed by atoms with Gasteiger partial charge in [0.05, 0.1) is 24.9 Å². The molecule has 8 heteroatoms. The highest BCUT2D eigenvalue weighted by atomic mass is 32.1. The van der Waals surface area contributed by atoms with E-state index in [0.717, 1.165) is 74.7 Å². The molecule has 2 fully saturated rings. The summed E-state index contributed by atoms with van der Waals surface area (Å²) in [5, 5.41) is 2.65. The first-order valence-corrected chi connectivity index (χ1v) is 13.6. The molecule has 2 saturated heterocycles. The van der Waals surface area contributed by atoms with Gasteiger partial charge in [0.1, 0.15) is 4.83 Å². The first-order chi connectivity index (χ1) is 17.1. The van der Waals surface area contributed by atoms with E-state index in [9.17, 15) is 9.59 Å². The van der Waals surface area contributed by atoms with Crippen molar-refractivity contribution in [3.8, 4) is 11.1 Å². The summed E-state index contributed by atoms with van der Waals surface area (Å²) in [6.45, 7) is 8.95. The highest BCUT2D eigenvalue weighted by Gasteiger charge is 2.24. The van der Waals surface area contributed by atoms with E-state index in [0.29, 0.717) is 24.3 Å². The van der Waals surface area contributed by atoms with Crippen molar-refractivity contribution in [1.29, 1.82) is 0 Å². The number of ether oxygens (including phenoxy) is 1. The van der Waals surface area contributed by atoms with Crippen molar-refractivity contribution in [2.45, 2.75) is 39.2 Å². The molecule has 0 unspecified atom stereocenters. The molecule has 3 aromatic rings. The van der Waals surface area contributed by atoms with Crippen LogP contribution in [-0.2, 0) is 16.1 Å². The molecule has 0 spiro atoms. The molecule has 5 rings (SSSR count). The smallest absolute Gasteiger partial charge is 0.262 e. The Labute approximate surface area is 210 Å². The minimum atomic E-state index is -0.0681. The molecule has 4 heterocycles. The van der Waals surface area contributed by atoms with E-state index in [-0.39, 0.29) is 11.5 Å². The number of hydrogen-bond acceptors (Lipinski definition) is 6. The van der Waals surface area contributed by atoms with Gasteiger partial charge in [-0.15, -0.1) is 11.3 Å². The van der Waals surface area contributed by atoms with Gasteiger partial charge in [-0.1, -0.05) is 29.8 Å². The van der Waals surface area contributed by atoms with Crippen LogP contribution in [-0.4, -0.2) is 71.2 Å². The number of nitrogens with zero attached hydrogens (tertiary/aromatic N) is 4. The molecule has 0 atom stereocenters. The molecule has 1 aromatic carbocycles. The summed E-state index contributed by atoms with van der Waals surface area (Å²) < 4.78 is 7.03. The third-order valence-corrected chi connectivity index (χ3v) is 8.30. The van der Waals surface area contributed by atoms with Gasteiger partial charge in [0.25, 0.3) is 5.56 Å². The molecular formula is C27H34N4O3S. The van der Waals surface area contributed by atoms with Gasteiger partial charge in [0.15, 0.2) is 0 Å². The number of morpholine rings is 1. The Morgan fingerprint density at radius 1 is 1.09 bits per heavy atom. The van der Waals surface area contributed by atoms with E-state index in [1.54, 1.807) is 10.9 Å². The number of carbonyl (C=O) groups excluding carboxylic acids is 1. The van der Waals surface area contributed by atoms with Crippen LogP contribution in [0.4, 0.5) is 0 Å². The number of aryl methyl sites for hydroxylation is 2. The van der Waals surface area contributed by atoms with E-state index >= 15 is 0 Å². The minimum absolute atomic E-state index is 0.0681. The quantitative estimate of drug-likeness (QED) is 0.500. The number of likely N-dealkylation sites (tertiary alicyclic amines) is 1. The molecule has 35 heavy (non-hydrogen) atoms. The number of aromatic nitrogens is 2. The van der Waals surface area contributed by atoms with Crippen molar-refractivity contribution in [1.82, 2.24) is 19.4 Å². The van der Waals surface area contributed by atoms with Crippen LogP contribution in [0.25, 0.3) is 21.3 Å². The van der Waals surface area contributed by atoms with Crippen LogP contribution in [0, 0.1) is 12.8 Å². The van der Waals surface area contributed by atoms with Gasteiger partial charge >= 0.3 is 0 Å². The number of carbonyl (C=O) groups is 1. The average Bonchev–Trinajstić information content (AvgIpc) is 3.33. The second-order valence-electron chi connectivity index (χ2n) is 9.76. The molecule has 0 bridgehead atoms. The Balaban J connectivity index is 1.16. The number of thiophene rings is 1. The summed E-state index contributed by atoms with van der Waals surface area (Å²) >= 11 is 1.49. The van der Waals surface area contributed by atoms with Crippen molar-refractivity contribution >= 4 is 27.5 Å². The van der Waals surface area contributed by atoms with Gasteiger partial charge in [-0.2, -0.15) is 0 Å². The summed E-state index contributed by atoms with van der Waals surface area (Å²) in [5.41, 5.74) is 3.05. The van der Waals surface area contributed by atoms with Crippen molar-refractivity contribution in [2.24, 2.45) is 5.92 Å². The zero-order valence-electron chi connectivity index (χ0n) is 20.4. The maximum absolute atomic E-state index is 13.3. The van der Waals surface area contributed by atoms with Gasteiger partial charge in [-0.3, -0.25) is 19.1 Å². The van der Waals surface area contributed by atoms with Gasteiger partial charge in [-0.05, 0) is 44.2 Å². The predicted molar refractivity (Wildman–Crippen MR) is 140 cm³/mol. The lowest BCUT2D eigenvalue weighted by molar-refractivity contribution is -0.132. The summed E-state index contributed by atoms with van der Waals surface area (Å²) in [6.07, 6.45) is 5.25. The van der Waals surface area contributed by atoms with Crippen molar-refractivity contribution in [3.63, 3.8) is 0 Å². The van der Waals surface area contributed by atoms with Crippen LogP contribution >= 0.6 is 11.3 Å². The third-order valence-electron chi connectivity index (χ3n) is 7.41. The van der Waals surface area contributed by atoms with Crippen LogP contribution in [0.2, 0.25) is 0 Å². The van der Waals surface area contributed by atoms with Crippen LogP contribution in [0.1, 0.15) is 31.2 Å².